The fourth-order valence-corrected chi connectivity index (χ4v) is 3.02. The molecule has 1 aliphatic rings. The molecule has 30 heavy (non-hydrogen) atoms. The molecular formula is C23H17NO6. The van der Waals surface area contributed by atoms with Gasteiger partial charge >= 0.3 is 0 Å². The van der Waals surface area contributed by atoms with Gasteiger partial charge in [-0.25, -0.2) is 0 Å². The minimum absolute atomic E-state index is 0.0541. The summed E-state index contributed by atoms with van der Waals surface area (Å²) in [6.07, 6.45) is 1.49. The number of ketones is 1. The van der Waals surface area contributed by atoms with E-state index in [2.05, 4.69) is 0 Å². The molecule has 7 heteroatoms. The number of carbonyl (C=O) groups excluding carboxylic acids is 1. The highest BCUT2D eigenvalue weighted by molar-refractivity contribution is 6.14. The lowest BCUT2D eigenvalue weighted by Crippen LogP contribution is -1.98. The summed E-state index contributed by atoms with van der Waals surface area (Å²) in [7, 11) is 1.61. The lowest BCUT2D eigenvalue weighted by molar-refractivity contribution is -0.384. The van der Waals surface area contributed by atoms with Gasteiger partial charge in [0, 0.05) is 18.2 Å². The van der Waals surface area contributed by atoms with E-state index >= 15 is 0 Å². The first-order valence-electron chi connectivity index (χ1n) is 9.12. The molecule has 0 amide bonds. The summed E-state index contributed by atoms with van der Waals surface area (Å²) in [4.78, 5) is 23.0. The van der Waals surface area contributed by atoms with Crippen LogP contribution in [0.3, 0.4) is 0 Å². The minimum Gasteiger partial charge on any atom is -0.497 e. The summed E-state index contributed by atoms with van der Waals surface area (Å²) < 4.78 is 16.6. The molecule has 1 aliphatic heterocycles. The van der Waals surface area contributed by atoms with Crippen LogP contribution < -0.4 is 14.2 Å². The number of nitrogens with zero attached hydrogens (tertiary/aromatic N) is 1. The van der Waals surface area contributed by atoms with Gasteiger partial charge in [0.1, 0.15) is 23.9 Å². The average molecular weight is 403 g/mol. The largest absolute Gasteiger partial charge is 0.497 e. The predicted molar refractivity (Wildman–Crippen MR) is 110 cm³/mol. The van der Waals surface area contributed by atoms with Gasteiger partial charge in [-0.3, -0.25) is 14.9 Å². The van der Waals surface area contributed by atoms with Crippen molar-refractivity contribution < 1.29 is 23.9 Å². The van der Waals surface area contributed by atoms with Crippen molar-refractivity contribution in [1.29, 1.82) is 0 Å². The van der Waals surface area contributed by atoms with Crippen LogP contribution in [0.2, 0.25) is 0 Å². The molecule has 7 nitrogen and oxygen atoms in total. The molecule has 150 valence electrons. The Morgan fingerprint density at radius 2 is 1.80 bits per heavy atom. The summed E-state index contributed by atoms with van der Waals surface area (Å²) in [6.45, 7) is 0.354. The topological polar surface area (TPSA) is 87.9 Å². The number of benzene rings is 3. The highest BCUT2D eigenvalue weighted by Gasteiger charge is 2.27. The molecule has 0 unspecified atom stereocenters. The summed E-state index contributed by atoms with van der Waals surface area (Å²) in [5.74, 6) is 1.56. The fraction of sp³-hybridized carbons (Fsp3) is 0.0870. The second kappa shape index (κ2) is 8.08. The Balaban J connectivity index is 1.49. The highest BCUT2D eigenvalue weighted by Crippen LogP contribution is 2.35. The number of carbonyl (C=O) groups is 1. The molecule has 0 saturated carbocycles. The van der Waals surface area contributed by atoms with E-state index < -0.39 is 4.92 Å². The standard InChI is InChI=1S/C23H17NO6/c1-28-18-7-5-15(6-8-18)14-29-19-9-10-20-21(13-19)30-22(23(20)25)12-16-3-2-4-17(11-16)24(26)27/h2-13H,14H2,1H3/b22-12-. The lowest BCUT2D eigenvalue weighted by Gasteiger charge is -2.08. The molecule has 3 aromatic rings. The van der Waals surface area contributed by atoms with Gasteiger partial charge < -0.3 is 14.2 Å². The molecule has 0 saturated heterocycles. The minimum atomic E-state index is -0.486. The second-order valence-electron chi connectivity index (χ2n) is 6.59. The Morgan fingerprint density at radius 3 is 2.53 bits per heavy atom. The Morgan fingerprint density at radius 1 is 1.03 bits per heavy atom. The van der Waals surface area contributed by atoms with Crippen molar-refractivity contribution in [1.82, 2.24) is 0 Å². The number of ether oxygens (including phenoxy) is 3. The zero-order chi connectivity index (χ0) is 21.1. The smallest absolute Gasteiger partial charge is 0.270 e. The van der Waals surface area contributed by atoms with Crippen LogP contribution in [-0.2, 0) is 6.61 Å². The first-order chi connectivity index (χ1) is 14.5. The maximum absolute atomic E-state index is 12.6. The van der Waals surface area contributed by atoms with Crippen molar-refractivity contribution in [2.45, 2.75) is 6.61 Å². The van der Waals surface area contributed by atoms with Crippen LogP contribution in [0.5, 0.6) is 17.2 Å². The summed E-state index contributed by atoms with van der Waals surface area (Å²) in [5, 5.41) is 10.9. The van der Waals surface area contributed by atoms with Crippen LogP contribution in [0.15, 0.2) is 72.5 Å². The highest BCUT2D eigenvalue weighted by atomic mass is 16.6. The third-order valence-corrected chi connectivity index (χ3v) is 4.58. The SMILES string of the molecule is COc1ccc(COc2ccc3c(c2)O/C(=C\c2cccc([N+](=O)[O-])c2)C3=O)cc1. The van der Waals surface area contributed by atoms with Crippen LogP contribution in [0.4, 0.5) is 5.69 Å². The first-order valence-corrected chi connectivity index (χ1v) is 9.12. The molecule has 0 spiro atoms. The van der Waals surface area contributed by atoms with E-state index in [-0.39, 0.29) is 17.2 Å². The van der Waals surface area contributed by atoms with E-state index in [1.165, 1.54) is 18.2 Å². The summed E-state index contributed by atoms with van der Waals surface area (Å²) in [6, 6.07) is 18.5. The van der Waals surface area contributed by atoms with E-state index in [0.717, 1.165) is 11.3 Å². The molecule has 4 rings (SSSR count). The number of hydrogen-bond donors (Lipinski definition) is 0. The van der Waals surface area contributed by atoms with Crippen molar-refractivity contribution in [2.24, 2.45) is 0 Å². The second-order valence-corrected chi connectivity index (χ2v) is 6.59. The number of hydrogen-bond acceptors (Lipinski definition) is 6. The number of nitro benzene ring substituents is 1. The van der Waals surface area contributed by atoms with Crippen molar-refractivity contribution >= 4 is 17.5 Å². The maximum atomic E-state index is 12.6. The molecule has 0 atom stereocenters. The molecule has 0 radical (unpaired) electrons. The quantitative estimate of drug-likeness (QED) is 0.334. The Bertz CT molecular complexity index is 1150. The van der Waals surface area contributed by atoms with Crippen LogP contribution in [-0.4, -0.2) is 17.8 Å². The Labute approximate surface area is 172 Å². The van der Waals surface area contributed by atoms with Gasteiger partial charge in [-0.05, 0) is 41.5 Å². The van der Waals surface area contributed by atoms with Crippen molar-refractivity contribution in [2.75, 3.05) is 7.11 Å². The number of Topliss-reactive ketones (excluding diaryl/α,β-unsaturated/α-hetero) is 1. The van der Waals surface area contributed by atoms with Gasteiger partial charge in [-0.2, -0.15) is 0 Å². The van der Waals surface area contributed by atoms with E-state index in [1.807, 2.05) is 24.3 Å². The molecule has 0 aliphatic carbocycles. The maximum Gasteiger partial charge on any atom is 0.270 e. The number of fused-ring (bicyclic) bond motifs is 1. The van der Waals surface area contributed by atoms with Gasteiger partial charge in [0.05, 0.1) is 17.6 Å². The summed E-state index contributed by atoms with van der Waals surface area (Å²) in [5.41, 5.74) is 1.85. The van der Waals surface area contributed by atoms with Crippen LogP contribution in [0.25, 0.3) is 6.08 Å². The van der Waals surface area contributed by atoms with E-state index in [1.54, 1.807) is 37.4 Å². The molecule has 0 N–H and O–H groups in total. The number of allylic oxidation sites excluding steroid dienone is 1. The fourth-order valence-electron chi connectivity index (χ4n) is 3.02. The molecule has 0 aromatic heterocycles. The summed E-state index contributed by atoms with van der Waals surface area (Å²) >= 11 is 0. The van der Waals surface area contributed by atoms with Crippen LogP contribution in [0.1, 0.15) is 21.5 Å². The number of nitro groups is 1. The number of rotatable bonds is 6. The van der Waals surface area contributed by atoms with Crippen LogP contribution >= 0.6 is 0 Å². The third-order valence-electron chi connectivity index (χ3n) is 4.58. The zero-order valence-corrected chi connectivity index (χ0v) is 16.0. The molecule has 0 bridgehead atoms. The number of non-ortho nitro benzene ring substituents is 1. The Hall–Kier alpha value is -4.13. The van der Waals surface area contributed by atoms with Gasteiger partial charge in [0.15, 0.2) is 5.76 Å². The molecule has 1 heterocycles. The van der Waals surface area contributed by atoms with Gasteiger partial charge in [-0.1, -0.05) is 24.3 Å². The van der Waals surface area contributed by atoms with Crippen molar-refractivity contribution in [3.8, 4) is 17.2 Å². The van der Waals surface area contributed by atoms with Gasteiger partial charge in [0.2, 0.25) is 5.78 Å². The van der Waals surface area contributed by atoms with E-state index in [0.29, 0.717) is 29.2 Å². The monoisotopic (exact) mass is 403 g/mol. The van der Waals surface area contributed by atoms with E-state index in [9.17, 15) is 14.9 Å². The van der Waals surface area contributed by atoms with Crippen molar-refractivity contribution in [3.05, 3.63) is 99.3 Å². The first kappa shape index (κ1) is 19.2. The van der Waals surface area contributed by atoms with Gasteiger partial charge in [-0.15, -0.1) is 0 Å². The normalized spacial score (nSPS) is 13.6. The third kappa shape index (κ3) is 4.00. The molecule has 3 aromatic carbocycles. The number of methoxy groups -OCH3 is 1. The molecule has 0 fully saturated rings. The van der Waals surface area contributed by atoms with Crippen molar-refractivity contribution in [3.63, 3.8) is 0 Å². The predicted octanol–water partition coefficient (Wildman–Crippen LogP) is 4.80. The average Bonchev–Trinajstić information content (AvgIpc) is 3.07. The Kier molecular flexibility index (Phi) is 5.17. The lowest BCUT2D eigenvalue weighted by atomic mass is 10.1. The van der Waals surface area contributed by atoms with E-state index in [4.69, 9.17) is 14.2 Å². The zero-order valence-electron chi connectivity index (χ0n) is 16.0. The molecular weight excluding hydrogens is 386 g/mol. The van der Waals surface area contributed by atoms with Crippen LogP contribution in [0, 0.1) is 10.1 Å². The van der Waals surface area contributed by atoms with Gasteiger partial charge in [0.25, 0.3) is 5.69 Å².